The molecule has 0 saturated carbocycles. The van der Waals surface area contributed by atoms with Gasteiger partial charge in [0.25, 0.3) is 0 Å². The van der Waals surface area contributed by atoms with E-state index in [2.05, 4.69) is 4.74 Å². The molecule has 0 radical (unpaired) electrons. The smallest absolute Gasteiger partial charge is 0.488 e. The zero-order valence-corrected chi connectivity index (χ0v) is 11.8. The first kappa shape index (κ1) is 16.7. The molecule has 0 aliphatic carbocycles. The summed E-state index contributed by atoms with van der Waals surface area (Å²) in [7, 11) is -1.69. The second-order valence-corrected chi connectivity index (χ2v) is 5.62. The van der Waals surface area contributed by atoms with Crippen LogP contribution in [0, 0.1) is 5.41 Å². The van der Waals surface area contributed by atoms with Gasteiger partial charge in [-0.05, 0) is 29.4 Å². The molecule has 0 amide bonds. The average molecular weight is 288 g/mol. The zero-order chi connectivity index (χ0) is 15.3. The van der Waals surface area contributed by atoms with E-state index in [1.54, 1.807) is 0 Å². The van der Waals surface area contributed by atoms with E-state index < -0.39 is 13.7 Å². The van der Waals surface area contributed by atoms with Gasteiger partial charge in [0.15, 0.2) is 11.5 Å². The molecule has 0 bridgehead atoms. The van der Waals surface area contributed by atoms with Crippen molar-refractivity contribution < 1.29 is 28.3 Å². The second kappa shape index (κ2) is 6.90. The summed E-state index contributed by atoms with van der Waals surface area (Å²) in [5.74, 6) is -0.0570. The molecule has 0 aliphatic rings. The summed E-state index contributed by atoms with van der Waals surface area (Å²) >= 11 is 0. The summed E-state index contributed by atoms with van der Waals surface area (Å²) in [6.07, 6.45) is 0.715. The van der Waals surface area contributed by atoms with Gasteiger partial charge in [-0.25, -0.2) is 0 Å². The quantitative estimate of drug-likeness (QED) is 0.783. The first-order valence-corrected chi connectivity index (χ1v) is 6.27. The van der Waals surface area contributed by atoms with Crippen molar-refractivity contribution in [2.75, 3.05) is 6.61 Å². The summed E-state index contributed by atoms with van der Waals surface area (Å²) in [5, 5.41) is 18.2. The second-order valence-electron chi connectivity index (χ2n) is 5.62. The van der Waals surface area contributed by atoms with Gasteiger partial charge in [0.1, 0.15) is 0 Å². The molecule has 0 unspecified atom stereocenters. The molecule has 0 aromatic heterocycles. The number of benzene rings is 1. The van der Waals surface area contributed by atoms with Gasteiger partial charge < -0.3 is 19.5 Å². The highest BCUT2D eigenvalue weighted by Crippen LogP contribution is 2.28. The Balaban J connectivity index is 2.84. The number of ether oxygens (including phenoxy) is 2. The van der Waals surface area contributed by atoms with E-state index in [-0.39, 0.29) is 22.4 Å². The lowest BCUT2D eigenvalue weighted by Crippen LogP contribution is -2.29. The van der Waals surface area contributed by atoms with Crippen LogP contribution in [0.3, 0.4) is 0 Å². The Bertz CT molecular complexity index is 433. The molecule has 0 spiro atoms. The lowest BCUT2D eigenvalue weighted by atomic mass is 9.80. The Hall–Kier alpha value is -1.34. The van der Waals surface area contributed by atoms with Gasteiger partial charge in [-0.2, -0.15) is 8.78 Å². The van der Waals surface area contributed by atoms with Crippen molar-refractivity contribution in [3.63, 3.8) is 0 Å². The number of hydrogen-bond donors (Lipinski definition) is 2. The molecule has 1 rings (SSSR count). The molecular weight excluding hydrogens is 269 g/mol. The Morgan fingerprint density at radius 2 is 1.85 bits per heavy atom. The first-order valence-electron chi connectivity index (χ1n) is 6.27. The third-order valence-electron chi connectivity index (χ3n) is 2.59. The topological polar surface area (TPSA) is 58.9 Å². The Labute approximate surface area is 117 Å². The third-order valence-corrected chi connectivity index (χ3v) is 2.59. The van der Waals surface area contributed by atoms with Crippen LogP contribution in [-0.4, -0.2) is 30.4 Å². The Kier molecular flexibility index (Phi) is 5.77. The van der Waals surface area contributed by atoms with Gasteiger partial charge in [0.05, 0.1) is 6.61 Å². The van der Waals surface area contributed by atoms with E-state index in [0.29, 0.717) is 13.0 Å². The van der Waals surface area contributed by atoms with Crippen molar-refractivity contribution in [3.05, 3.63) is 18.2 Å². The molecule has 1 aromatic carbocycles. The van der Waals surface area contributed by atoms with Crippen LogP contribution in [0.2, 0.25) is 0 Å². The summed E-state index contributed by atoms with van der Waals surface area (Å²) in [4.78, 5) is 0. The molecule has 0 fully saturated rings. The number of alkyl halides is 2. The van der Waals surface area contributed by atoms with E-state index >= 15 is 0 Å². The highest BCUT2D eigenvalue weighted by atomic mass is 19.3. The van der Waals surface area contributed by atoms with Crippen LogP contribution < -0.4 is 14.9 Å². The number of rotatable bonds is 6. The fourth-order valence-electron chi connectivity index (χ4n) is 1.46. The average Bonchev–Trinajstić information content (AvgIpc) is 2.28. The molecule has 7 heteroatoms. The normalized spacial score (nSPS) is 11.6. The van der Waals surface area contributed by atoms with Crippen LogP contribution in [0.15, 0.2) is 18.2 Å². The minimum Gasteiger partial charge on any atom is -0.490 e. The van der Waals surface area contributed by atoms with E-state index in [1.165, 1.54) is 18.2 Å². The molecule has 0 aliphatic heterocycles. The molecule has 112 valence electrons. The predicted molar refractivity (Wildman–Crippen MR) is 72.5 cm³/mol. The van der Waals surface area contributed by atoms with Crippen molar-refractivity contribution >= 4 is 12.6 Å². The lowest BCUT2D eigenvalue weighted by molar-refractivity contribution is -0.0515. The van der Waals surface area contributed by atoms with Gasteiger partial charge in [0, 0.05) is 0 Å². The maximum Gasteiger partial charge on any atom is 0.488 e. The highest BCUT2D eigenvalue weighted by Gasteiger charge is 2.18. The van der Waals surface area contributed by atoms with Gasteiger partial charge in [-0.15, -0.1) is 0 Å². The van der Waals surface area contributed by atoms with Crippen molar-refractivity contribution in [2.24, 2.45) is 5.41 Å². The maximum atomic E-state index is 12.3. The van der Waals surface area contributed by atoms with E-state index in [1.807, 2.05) is 20.8 Å². The SMILES string of the molecule is CC(C)(C)CCOc1cc(B(O)O)ccc1OC(F)F. The lowest BCUT2D eigenvalue weighted by Gasteiger charge is -2.19. The number of hydrogen-bond acceptors (Lipinski definition) is 4. The van der Waals surface area contributed by atoms with Crippen LogP contribution in [0.4, 0.5) is 8.78 Å². The molecule has 0 saturated heterocycles. The standard InChI is InChI=1S/C13H19BF2O4/c1-13(2,3)6-7-19-11-8-9(14(17)18)4-5-10(11)20-12(15)16/h4-5,8,12,17-18H,6-7H2,1-3H3. The molecule has 0 atom stereocenters. The van der Waals surface area contributed by atoms with Gasteiger partial charge >= 0.3 is 13.7 Å². The zero-order valence-electron chi connectivity index (χ0n) is 11.8. The van der Waals surface area contributed by atoms with E-state index in [4.69, 9.17) is 14.8 Å². The minimum atomic E-state index is -2.97. The molecule has 20 heavy (non-hydrogen) atoms. The van der Waals surface area contributed by atoms with Crippen LogP contribution >= 0.6 is 0 Å². The van der Waals surface area contributed by atoms with Crippen LogP contribution in [0.5, 0.6) is 11.5 Å². The summed E-state index contributed by atoms with van der Waals surface area (Å²) in [6.45, 7) is 3.43. The first-order chi connectivity index (χ1) is 9.19. The van der Waals surface area contributed by atoms with Crippen LogP contribution in [0.25, 0.3) is 0 Å². The van der Waals surface area contributed by atoms with Crippen molar-refractivity contribution in [1.82, 2.24) is 0 Å². The molecule has 4 nitrogen and oxygen atoms in total. The maximum absolute atomic E-state index is 12.3. The predicted octanol–water partition coefficient (Wildman–Crippen LogP) is 1.78. The molecule has 2 N–H and O–H groups in total. The third kappa shape index (κ3) is 5.75. The summed E-state index contributed by atoms with van der Waals surface area (Å²) in [5.41, 5.74) is 0.190. The van der Waals surface area contributed by atoms with Crippen molar-refractivity contribution in [3.8, 4) is 11.5 Å². The van der Waals surface area contributed by atoms with Crippen LogP contribution in [-0.2, 0) is 0 Å². The molecule has 1 aromatic rings. The van der Waals surface area contributed by atoms with Crippen molar-refractivity contribution in [1.29, 1.82) is 0 Å². The van der Waals surface area contributed by atoms with Gasteiger partial charge in [-0.3, -0.25) is 0 Å². The Morgan fingerprint density at radius 1 is 1.20 bits per heavy atom. The summed E-state index contributed by atoms with van der Waals surface area (Å²) < 4.78 is 34.4. The van der Waals surface area contributed by atoms with E-state index in [9.17, 15) is 8.78 Å². The highest BCUT2D eigenvalue weighted by molar-refractivity contribution is 6.58. The number of halogens is 2. The summed E-state index contributed by atoms with van der Waals surface area (Å²) in [6, 6.07) is 3.80. The van der Waals surface area contributed by atoms with Crippen LogP contribution in [0.1, 0.15) is 27.2 Å². The molecular formula is C13H19BF2O4. The largest absolute Gasteiger partial charge is 0.490 e. The van der Waals surface area contributed by atoms with E-state index in [0.717, 1.165) is 0 Å². The van der Waals surface area contributed by atoms with Gasteiger partial charge in [-0.1, -0.05) is 26.8 Å². The fraction of sp³-hybridized carbons (Fsp3) is 0.538. The van der Waals surface area contributed by atoms with Gasteiger partial charge in [0.2, 0.25) is 0 Å². The molecule has 0 heterocycles. The van der Waals surface area contributed by atoms with Crippen molar-refractivity contribution in [2.45, 2.75) is 33.8 Å². The monoisotopic (exact) mass is 288 g/mol. The fourth-order valence-corrected chi connectivity index (χ4v) is 1.46. The Morgan fingerprint density at radius 3 is 2.35 bits per heavy atom. The minimum absolute atomic E-state index is 0.0395.